The molecule has 0 spiro atoms. The summed E-state index contributed by atoms with van der Waals surface area (Å²) in [6.07, 6.45) is 4.53. The van der Waals surface area contributed by atoms with Gasteiger partial charge in [-0.3, -0.25) is 9.59 Å². The minimum atomic E-state index is -0.454. The summed E-state index contributed by atoms with van der Waals surface area (Å²) in [6, 6.07) is 0. The number of esters is 1. The summed E-state index contributed by atoms with van der Waals surface area (Å²) in [7, 11) is 0. The number of halogens is 1. The molecule has 0 aromatic carbocycles. The fourth-order valence-corrected chi connectivity index (χ4v) is 4.32. The molecule has 0 saturated heterocycles. The van der Waals surface area contributed by atoms with Crippen LogP contribution in [0.15, 0.2) is 0 Å². The van der Waals surface area contributed by atoms with Crippen LogP contribution in [0.5, 0.6) is 0 Å². The molecule has 0 N–H and O–H groups in total. The van der Waals surface area contributed by atoms with Gasteiger partial charge in [0.1, 0.15) is 11.9 Å². The number of ether oxygens (including phenoxy) is 1. The normalized spacial score (nSPS) is 37.0. The standard InChI is InChI=1S/C17H27BrO3/c1-16(2,3)15(20)21-13-7-8-17(4)12(9-13)6-5-11(10-18)14(17)19/h11-13H,5-10H2,1-4H3/t11-,12-,13-,17+/m1/s1. The molecule has 0 unspecified atom stereocenters. The Balaban J connectivity index is 2.02. The van der Waals surface area contributed by atoms with Crippen LogP contribution in [0.1, 0.15) is 59.8 Å². The maximum absolute atomic E-state index is 12.7. The summed E-state index contributed by atoms with van der Waals surface area (Å²) in [5.41, 5.74) is -0.661. The molecule has 0 aromatic heterocycles. The van der Waals surface area contributed by atoms with Crippen molar-refractivity contribution >= 4 is 27.7 Å². The highest BCUT2D eigenvalue weighted by molar-refractivity contribution is 9.09. The highest BCUT2D eigenvalue weighted by atomic mass is 79.9. The molecular weight excluding hydrogens is 332 g/mol. The van der Waals surface area contributed by atoms with Gasteiger partial charge in [-0.05, 0) is 58.8 Å². The molecule has 0 aromatic rings. The molecule has 0 aliphatic heterocycles. The number of Topliss-reactive ketones (excluding diaryl/α,β-unsaturated/α-hetero) is 1. The fraction of sp³-hybridized carbons (Fsp3) is 0.882. The molecule has 0 heterocycles. The van der Waals surface area contributed by atoms with Gasteiger partial charge in [-0.25, -0.2) is 0 Å². The van der Waals surface area contributed by atoms with Crippen molar-refractivity contribution in [1.29, 1.82) is 0 Å². The van der Waals surface area contributed by atoms with E-state index in [1.807, 2.05) is 20.8 Å². The number of hydrogen-bond donors (Lipinski definition) is 0. The molecule has 2 aliphatic rings. The molecule has 4 atom stereocenters. The predicted molar refractivity (Wildman–Crippen MR) is 86.3 cm³/mol. The van der Waals surface area contributed by atoms with E-state index in [-0.39, 0.29) is 23.4 Å². The summed E-state index contributed by atoms with van der Waals surface area (Å²) < 4.78 is 5.68. The largest absolute Gasteiger partial charge is 0.462 e. The Labute approximate surface area is 136 Å². The molecule has 2 saturated carbocycles. The highest BCUT2D eigenvalue weighted by Gasteiger charge is 2.50. The Morgan fingerprint density at radius 2 is 2.00 bits per heavy atom. The van der Waals surface area contributed by atoms with E-state index in [0.717, 1.165) is 37.4 Å². The van der Waals surface area contributed by atoms with Crippen LogP contribution in [0.25, 0.3) is 0 Å². The number of carbonyl (C=O) groups excluding carboxylic acids is 2. The zero-order valence-electron chi connectivity index (χ0n) is 13.6. The average Bonchev–Trinajstić information content (AvgIpc) is 2.40. The Morgan fingerprint density at radius 3 is 2.57 bits per heavy atom. The van der Waals surface area contributed by atoms with E-state index in [2.05, 4.69) is 22.9 Å². The highest BCUT2D eigenvalue weighted by Crippen LogP contribution is 2.50. The number of alkyl halides is 1. The van der Waals surface area contributed by atoms with Gasteiger partial charge in [0.2, 0.25) is 0 Å². The Kier molecular flexibility index (Phi) is 4.87. The Bertz CT molecular complexity index is 426. The molecule has 2 rings (SSSR count). The van der Waals surface area contributed by atoms with Gasteiger partial charge in [0.25, 0.3) is 0 Å². The minimum Gasteiger partial charge on any atom is -0.462 e. The van der Waals surface area contributed by atoms with Crippen molar-refractivity contribution < 1.29 is 14.3 Å². The number of ketones is 1. The number of rotatable bonds is 2. The fourth-order valence-electron chi connectivity index (χ4n) is 3.70. The van der Waals surface area contributed by atoms with Gasteiger partial charge >= 0.3 is 5.97 Å². The van der Waals surface area contributed by atoms with Crippen LogP contribution in [-0.2, 0) is 14.3 Å². The van der Waals surface area contributed by atoms with Crippen molar-refractivity contribution in [2.45, 2.75) is 65.9 Å². The van der Waals surface area contributed by atoms with Crippen molar-refractivity contribution in [3.63, 3.8) is 0 Å². The lowest BCUT2D eigenvalue weighted by atomic mass is 9.57. The Morgan fingerprint density at radius 1 is 1.33 bits per heavy atom. The first kappa shape index (κ1) is 17.0. The van der Waals surface area contributed by atoms with Crippen LogP contribution < -0.4 is 0 Å². The third kappa shape index (κ3) is 3.35. The van der Waals surface area contributed by atoms with Gasteiger partial charge in [-0.1, -0.05) is 22.9 Å². The van der Waals surface area contributed by atoms with Gasteiger partial charge in [0.05, 0.1) is 5.41 Å². The molecule has 2 fully saturated rings. The molecule has 4 heteroatoms. The average molecular weight is 359 g/mol. The third-order valence-corrected chi connectivity index (χ3v) is 6.09. The van der Waals surface area contributed by atoms with Gasteiger partial charge in [0, 0.05) is 16.7 Å². The summed E-state index contributed by atoms with van der Waals surface area (Å²) in [5.74, 6) is 0.819. The van der Waals surface area contributed by atoms with E-state index < -0.39 is 5.41 Å². The van der Waals surface area contributed by atoms with E-state index in [4.69, 9.17) is 4.74 Å². The van der Waals surface area contributed by atoms with E-state index >= 15 is 0 Å². The smallest absolute Gasteiger partial charge is 0.311 e. The molecule has 3 nitrogen and oxygen atoms in total. The first-order valence-corrected chi connectivity index (χ1v) is 9.12. The maximum atomic E-state index is 12.7. The molecule has 0 radical (unpaired) electrons. The van der Waals surface area contributed by atoms with Crippen LogP contribution in [0.3, 0.4) is 0 Å². The topological polar surface area (TPSA) is 43.4 Å². The lowest BCUT2D eigenvalue weighted by Crippen LogP contribution is -2.49. The second kappa shape index (κ2) is 6.02. The van der Waals surface area contributed by atoms with E-state index in [9.17, 15) is 9.59 Å². The predicted octanol–water partition coefficient (Wildman–Crippen LogP) is 4.12. The quantitative estimate of drug-likeness (QED) is 0.550. The van der Waals surface area contributed by atoms with E-state index in [1.54, 1.807) is 0 Å². The lowest BCUT2D eigenvalue weighted by molar-refractivity contribution is -0.165. The van der Waals surface area contributed by atoms with E-state index in [0.29, 0.717) is 11.7 Å². The summed E-state index contributed by atoms with van der Waals surface area (Å²) in [6.45, 7) is 7.77. The summed E-state index contributed by atoms with van der Waals surface area (Å²) >= 11 is 3.47. The van der Waals surface area contributed by atoms with Crippen molar-refractivity contribution in [3.05, 3.63) is 0 Å². The number of fused-ring (bicyclic) bond motifs is 1. The molecule has 0 amide bonds. The lowest BCUT2D eigenvalue weighted by Gasteiger charge is -2.48. The van der Waals surface area contributed by atoms with Crippen LogP contribution in [0.4, 0.5) is 0 Å². The van der Waals surface area contributed by atoms with E-state index in [1.165, 1.54) is 0 Å². The molecule has 2 aliphatic carbocycles. The van der Waals surface area contributed by atoms with Crippen LogP contribution in [-0.4, -0.2) is 23.2 Å². The van der Waals surface area contributed by atoms with Gasteiger partial charge in [-0.15, -0.1) is 0 Å². The van der Waals surface area contributed by atoms with Crippen molar-refractivity contribution in [1.82, 2.24) is 0 Å². The summed E-state index contributed by atoms with van der Waals surface area (Å²) in [5, 5.41) is 0.774. The van der Waals surface area contributed by atoms with Crippen molar-refractivity contribution in [2.24, 2.45) is 22.7 Å². The summed E-state index contributed by atoms with van der Waals surface area (Å²) in [4.78, 5) is 24.7. The SMILES string of the molecule is CC(C)(C)C(=O)O[C@@H]1CC[C@]2(C)C(=O)[C@@H](CBr)CC[C@@H]2C1. The molecule has 21 heavy (non-hydrogen) atoms. The zero-order valence-corrected chi connectivity index (χ0v) is 15.2. The first-order valence-electron chi connectivity index (χ1n) is 8.00. The van der Waals surface area contributed by atoms with Crippen LogP contribution in [0.2, 0.25) is 0 Å². The molecule has 0 bridgehead atoms. The van der Waals surface area contributed by atoms with Crippen molar-refractivity contribution in [3.8, 4) is 0 Å². The van der Waals surface area contributed by atoms with Gasteiger partial charge in [-0.2, -0.15) is 0 Å². The third-order valence-electron chi connectivity index (χ3n) is 5.30. The number of carbonyl (C=O) groups is 2. The monoisotopic (exact) mass is 358 g/mol. The second-order valence-electron chi connectivity index (χ2n) is 7.96. The van der Waals surface area contributed by atoms with Crippen molar-refractivity contribution in [2.75, 3.05) is 5.33 Å². The maximum Gasteiger partial charge on any atom is 0.311 e. The minimum absolute atomic E-state index is 0.0110. The molecular formula is C17H27BrO3. The van der Waals surface area contributed by atoms with Gasteiger partial charge in [0.15, 0.2) is 0 Å². The first-order chi connectivity index (χ1) is 9.68. The van der Waals surface area contributed by atoms with Crippen LogP contribution in [0, 0.1) is 22.7 Å². The zero-order chi connectivity index (χ0) is 15.8. The molecule has 120 valence electrons. The Hall–Kier alpha value is -0.380. The van der Waals surface area contributed by atoms with Gasteiger partial charge < -0.3 is 4.74 Å². The second-order valence-corrected chi connectivity index (χ2v) is 8.61. The van der Waals surface area contributed by atoms with Crippen LogP contribution >= 0.6 is 15.9 Å². The number of hydrogen-bond acceptors (Lipinski definition) is 3.